The monoisotopic (exact) mass is 269 g/mol. The molecule has 0 unspecified atom stereocenters. The number of aromatic nitrogens is 3. The summed E-state index contributed by atoms with van der Waals surface area (Å²) >= 11 is 5.90. The largest absolute Gasteiger partial charge is 0.347 e. The van der Waals surface area contributed by atoms with Crippen molar-refractivity contribution in [1.29, 1.82) is 0 Å². The van der Waals surface area contributed by atoms with Gasteiger partial charge in [0.2, 0.25) is 5.28 Å². The van der Waals surface area contributed by atoms with Crippen molar-refractivity contribution in [3.63, 3.8) is 0 Å². The highest BCUT2D eigenvalue weighted by Gasteiger charge is 2.17. The molecule has 4 heteroatoms. The van der Waals surface area contributed by atoms with E-state index >= 15 is 0 Å². The van der Waals surface area contributed by atoms with Crippen LogP contribution in [0.5, 0.6) is 0 Å². The van der Waals surface area contributed by atoms with Gasteiger partial charge in [0.15, 0.2) is 0 Å². The van der Waals surface area contributed by atoms with Crippen LogP contribution in [0.15, 0.2) is 36.7 Å². The van der Waals surface area contributed by atoms with Crippen molar-refractivity contribution in [2.75, 3.05) is 0 Å². The highest BCUT2D eigenvalue weighted by molar-refractivity contribution is 6.28. The minimum absolute atomic E-state index is 0.296. The lowest BCUT2D eigenvalue weighted by atomic mass is 10.0. The first-order valence-corrected chi connectivity index (χ1v) is 6.80. The Kier molecular flexibility index (Phi) is 2.35. The first-order chi connectivity index (χ1) is 9.33. The van der Waals surface area contributed by atoms with E-state index in [2.05, 4.69) is 38.9 Å². The second kappa shape index (κ2) is 4.07. The summed E-state index contributed by atoms with van der Waals surface area (Å²) in [5, 5.41) is 1.55. The van der Waals surface area contributed by atoms with Crippen LogP contribution < -0.4 is 0 Å². The molecule has 3 aromatic rings. The number of hydrogen-bond donors (Lipinski definition) is 0. The maximum absolute atomic E-state index is 5.90. The molecule has 0 amide bonds. The molecule has 1 aromatic carbocycles. The summed E-state index contributed by atoms with van der Waals surface area (Å²) in [6.45, 7) is 1.08. The van der Waals surface area contributed by atoms with Crippen LogP contribution in [-0.2, 0) is 13.0 Å². The third kappa shape index (κ3) is 1.65. The molecule has 19 heavy (non-hydrogen) atoms. The van der Waals surface area contributed by atoms with Crippen LogP contribution in [0, 0.1) is 0 Å². The molecule has 94 valence electrons. The predicted molar refractivity (Wildman–Crippen MR) is 76.3 cm³/mol. The maximum Gasteiger partial charge on any atom is 0.222 e. The number of aryl methyl sites for hydroxylation is 2. The van der Waals surface area contributed by atoms with Crippen molar-refractivity contribution in [3.8, 4) is 11.3 Å². The molecular weight excluding hydrogens is 258 g/mol. The molecular formula is C15H12ClN3. The van der Waals surface area contributed by atoms with E-state index in [9.17, 15) is 0 Å². The molecule has 1 aliphatic heterocycles. The molecule has 0 fully saturated rings. The zero-order valence-corrected chi connectivity index (χ0v) is 11.1. The van der Waals surface area contributed by atoms with Gasteiger partial charge in [0.05, 0.1) is 11.2 Å². The SMILES string of the molecule is Clc1nccc(-c2cn3c4c(cccc24)CCC3)n1. The van der Waals surface area contributed by atoms with E-state index < -0.39 is 0 Å². The van der Waals surface area contributed by atoms with E-state index in [1.54, 1.807) is 6.20 Å². The summed E-state index contributed by atoms with van der Waals surface area (Å²) in [6.07, 6.45) is 6.25. The highest BCUT2D eigenvalue weighted by Crippen LogP contribution is 2.34. The predicted octanol–water partition coefficient (Wildman–Crippen LogP) is 3.70. The molecule has 0 saturated heterocycles. The second-order valence-electron chi connectivity index (χ2n) is 4.86. The lowest BCUT2D eigenvalue weighted by Gasteiger charge is -2.14. The Balaban J connectivity index is 2.04. The molecule has 3 nitrogen and oxygen atoms in total. The lowest BCUT2D eigenvalue weighted by Crippen LogP contribution is -2.05. The Bertz CT molecular complexity index is 776. The zero-order valence-electron chi connectivity index (χ0n) is 10.3. The number of halogens is 1. The Labute approximate surface area is 115 Å². The van der Waals surface area contributed by atoms with Crippen molar-refractivity contribution in [2.45, 2.75) is 19.4 Å². The number of rotatable bonds is 1. The minimum atomic E-state index is 0.296. The van der Waals surface area contributed by atoms with Crippen molar-refractivity contribution in [1.82, 2.24) is 14.5 Å². The molecule has 0 aliphatic carbocycles. The Morgan fingerprint density at radius 2 is 2.16 bits per heavy atom. The van der Waals surface area contributed by atoms with Gasteiger partial charge in [-0.2, -0.15) is 0 Å². The Morgan fingerprint density at radius 3 is 3.05 bits per heavy atom. The van der Waals surface area contributed by atoms with E-state index in [-0.39, 0.29) is 0 Å². The zero-order chi connectivity index (χ0) is 12.8. The van der Waals surface area contributed by atoms with Crippen molar-refractivity contribution >= 4 is 22.5 Å². The number of hydrogen-bond acceptors (Lipinski definition) is 2. The average Bonchev–Trinajstić information content (AvgIpc) is 2.81. The van der Waals surface area contributed by atoms with Crippen LogP contribution in [0.3, 0.4) is 0 Å². The molecule has 1 aliphatic rings. The summed E-state index contributed by atoms with van der Waals surface area (Å²) in [6, 6.07) is 8.41. The molecule has 0 spiro atoms. The Morgan fingerprint density at radius 1 is 1.21 bits per heavy atom. The van der Waals surface area contributed by atoms with Gasteiger partial charge in [-0.05, 0) is 36.1 Å². The molecule has 3 heterocycles. The third-order valence-corrected chi connectivity index (χ3v) is 3.91. The van der Waals surface area contributed by atoms with Crippen molar-refractivity contribution in [3.05, 3.63) is 47.5 Å². The average molecular weight is 270 g/mol. The number of benzene rings is 1. The van der Waals surface area contributed by atoms with Crippen molar-refractivity contribution in [2.24, 2.45) is 0 Å². The summed E-state index contributed by atoms with van der Waals surface area (Å²) in [5.41, 5.74) is 4.81. The van der Waals surface area contributed by atoms with E-state index in [0.29, 0.717) is 5.28 Å². The molecule has 2 aromatic heterocycles. The van der Waals surface area contributed by atoms with Crippen LogP contribution in [0.4, 0.5) is 0 Å². The fraction of sp³-hybridized carbons (Fsp3) is 0.200. The van der Waals surface area contributed by atoms with E-state index in [0.717, 1.165) is 24.2 Å². The van der Waals surface area contributed by atoms with Gasteiger partial charge in [0.1, 0.15) is 0 Å². The van der Waals surface area contributed by atoms with Gasteiger partial charge in [-0.15, -0.1) is 0 Å². The van der Waals surface area contributed by atoms with E-state index in [1.165, 1.54) is 22.9 Å². The first kappa shape index (κ1) is 11.0. The van der Waals surface area contributed by atoms with Crippen LogP contribution in [0.2, 0.25) is 5.28 Å². The van der Waals surface area contributed by atoms with Gasteiger partial charge in [0.25, 0.3) is 0 Å². The fourth-order valence-corrected chi connectivity index (χ4v) is 3.09. The summed E-state index contributed by atoms with van der Waals surface area (Å²) in [7, 11) is 0. The standard InChI is InChI=1S/C15H12ClN3/c16-15-17-7-6-13(18-15)12-9-19-8-2-4-10-3-1-5-11(12)14(10)19/h1,3,5-7,9H,2,4,8H2. The third-order valence-electron chi connectivity index (χ3n) is 3.73. The summed E-state index contributed by atoms with van der Waals surface area (Å²) in [5.74, 6) is 0. The molecule has 0 saturated carbocycles. The Hall–Kier alpha value is -1.87. The number of nitrogens with zero attached hydrogens (tertiary/aromatic N) is 3. The topological polar surface area (TPSA) is 30.7 Å². The molecule has 0 bridgehead atoms. The number of para-hydroxylation sites is 1. The van der Waals surface area contributed by atoms with Crippen LogP contribution in [-0.4, -0.2) is 14.5 Å². The van der Waals surface area contributed by atoms with E-state index in [4.69, 9.17) is 11.6 Å². The quantitative estimate of drug-likeness (QED) is 0.631. The van der Waals surface area contributed by atoms with Crippen molar-refractivity contribution < 1.29 is 0 Å². The van der Waals surface area contributed by atoms with Crippen LogP contribution in [0.1, 0.15) is 12.0 Å². The maximum atomic E-state index is 5.90. The van der Waals surface area contributed by atoms with Gasteiger partial charge in [-0.3, -0.25) is 0 Å². The van der Waals surface area contributed by atoms with Gasteiger partial charge in [0, 0.05) is 29.9 Å². The van der Waals surface area contributed by atoms with E-state index in [1.807, 2.05) is 6.07 Å². The summed E-state index contributed by atoms with van der Waals surface area (Å²) < 4.78 is 2.33. The molecule has 0 radical (unpaired) electrons. The minimum Gasteiger partial charge on any atom is -0.347 e. The molecule has 4 rings (SSSR count). The van der Waals surface area contributed by atoms with Crippen LogP contribution >= 0.6 is 11.6 Å². The lowest BCUT2D eigenvalue weighted by molar-refractivity contribution is 0.636. The van der Waals surface area contributed by atoms with Gasteiger partial charge < -0.3 is 4.57 Å². The normalized spacial score (nSPS) is 13.9. The van der Waals surface area contributed by atoms with Gasteiger partial charge in [-0.1, -0.05) is 18.2 Å². The first-order valence-electron chi connectivity index (χ1n) is 6.42. The van der Waals surface area contributed by atoms with Gasteiger partial charge >= 0.3 is 0 Å². The summed E-state index contributed by atoms with van der Waals surface area (Å²) in [4.78, 5) is 8.28. The van der Waals surface area contributed by atoms with Gasteiger partial charge in [-0.25, -0.2) is 9.97 Å². The smallest absolute Gasteiger partial charge is 0.222 e. The fourth-order valence-electron chi connectivity index (χ4n) is 2.94. The van der Waals surface area contributed by atoms with Crippen LogP contribution in [0.25, 0.3) is 22.2 Å². The second-order valence-corrected chi connectivity index (χ2v) is 5.20. The molecule has 0 N–H and O–H groups in total. The highest BCUT2D eigenvalue weighted by atomic mass is 35.5. The molecule has 0 atom stereocenters.